The highest BCUT2D eigenvalue weighted by Crippen LogP contribution is 2.19. The molecule has 0 aliphatic carbocycles. The number of esters is 1. The summed E-state index contributed by atoms with van der Waals surface area (Å²) >= 11 is 0. The first kappa shape index (κ1) is 17.7. The molecule has 0 fully saturated rings. The first-order valence-electron chi connectivity index (χ1n) is 7.47. The van der Waals surface area contributed by atoms with Crippen LogP contribution in [0.25, 0.3) is 11.1 Å². The van der Waals surface area contributed by atoms with Crippen LogP contribution in [0.5, 0.6) is 0 Å². The summed E-state index contributed by atoms with van der Waals surface area (Å²) in [7, 11) is 4.38. The van der Waals surface area contributed by atoms with Crippen LogP contribution in [-0.2, 0) is 30.0 Å². The number of carbonyl (C=O) groups excluding carboxylic acids is 1. The van der Waals surface area contributed by atoms with E-state index >= 15 is 0 Å². The van der Waals surface area contributed by atoms with Crippen LogP contribution in [-0.4, -0.2) is 28.3 Å². The Labute approximate surface area is 139 Å². The molecule has 1 atom stereocenters. The van der Waals surface area contributed by atoms with Gasteiger partial charge in [0.05, 0.1) is 12.7 Å². The zero-order valence-electron chi connectivity index (χ0n) is 14.2. The number of benzene rings is 1. The van der Waals surface area contributed by atoms with Crippen molar-refractivity contribution >= 4 is 5.97 Å². The van der Waals surface area contributed by atoms with Crippen molar-refractivity contribution in [2.24, 2.45) is 19.8 Å². The quantitative estimate of drug-likeness (QED) is 0.802. The molecule has 1 heterocycles. The van der Waals surface area contributed by atoms with Gasteiger partial charge in [-0.25, -0.2) is 4.79 Å². The number of carbonyl (C=O) groups is 1. The fourth-order valence-corrected chi connectivity index (χ4v) is 2.57. The number of hydrogen-bond donors (Lipinski definition) is 1. The molecule has 0 aliphatic rings. The fourth-order valence-electron chi connectivity index (χ4n) is 2.57. The maximum atomic E-state index is 12.4. The maximum absolute atomic E-state index is 12.4. The molecule has 0 spiro atoms. The van der Waals surface area contributed by atoms with Crippen LogP contribution >= 0.6 is 0 Å². The van der Waals surface area contributed by atoms with Crippen molar-refractivity contribution in [2.75, 3.05) is 7.11 Å². The lowest BCUT2D eigenvalue weighted by Gasteiger charge is -2.13. The van der Waals surface area contributed by atoms with Crippen LogP contribution in [0, 0.1) is 6.92 Å². The molecule has 2 N–H and O–H groups in total. The van der Waals surface area contributed by atoms with Gasteiger partial charge in [-0.05, 0) is 24.5 Å². The lowest BCUT2D eigenvalue weighted by molar-refractivity contribution is -0.142. The van der Waals surface area contributed by atoms with E-state index in [1.807, 2.05) is 12.1 Å². The third-order valence-corrected chi connectivity index (χ3v) is 4.16. The molecule has 24 heavy (non-hydrogen) atoms. The van der Waals surface area contributed by atoms with E-state index in [2.05, 4.69) is 4.74 Å². The number of methoxy groups -OCH3 is 1. The van der Waals surface area contributed by atoms with Crippen LogP contribution in [0.4, 0.5) is 0 Å². The molecule has 1 aromatic heterocycles. The summed E-state index contributed by atoms with van der Waals surface area (Å²) in [6.45, 7) is 1.74. The molecular weight excluding hydrogens is 310 g/mol. The molecule has 2 rings (SSSR count). The minimum Gasteiger partial charge on any atom is -0.468 e. The highest BCUT2D eigenvalue weighted by molar-refractivity contribution is 5.75. The zero-order valence-corrected chi connectivity index (χ0v) is 14.2. The van der Waals surface area contributed by atoms with Crippen molar-refractivity contribution in [3.05, 3.63) is 56.4 Å². The minimum atomic E-state index is -0.729. The normalized spacial score (nSPS) is 12.0. The van der Waals surface area contributed by atoms with Crippen molar-refractivity contribution in [3.8, 4) is 11.1 Å². The Bertz CT molecular complexity index is 878. The molecule has 7 nitrogen and oxygen atoms in total. The van der Waals surface area contributed by atoms with Crippen LogP contribution in [0.1, 0.15) is 11.3 Å². The molecule has 0 saturated heterocycles. The van der Waals surface area contributed by atoms with Crippen molar-refractivity contribution < 1.29 is 9.53 Å². The van der Waals surface area contributed by atoms with Crippen LogP contribution in [0.2, 0.25) is 0 Å². The van der Waals surface area contributed by atoms with Gasteiger partial charge in [0.2, 0.25) is 0 Å². The van der Waals surface area contributed by atoms with Gasteiger partial charge in [-0.3, -0.25) is 14.2 Å². The van der Waals surface area contributed by atoms with Gasteiger partial charge in [0.25, 0.3) is 5.56 Å². The summed E-state index contributed by atoms with van der Waals surface area (Å²) in [5.41, 5.74) is 7.69. The Morgan fingerprint density at radius 3 is 2.29 bits per heavy atom. The monoisotopic (exact) mass is 331 g/mol. The topological polar surface area (TPSA) is 96.3 Å². The molecular formula is C17H21N3O4. The van der Waals surface area contributed by atoms with Crippen molar-refractivity contribution in [2.45, 2.75) is 19.4 Å². The number of hydrogen-bond acceptors (Lipinski definition) is 5. The van der Waals surface area contributed by atoms with Gasteiger partial charge in [-0.15, -0.1) is 0 Å². The number of aromatic nitrogens is 2. The Morgan fingerprint density at radius 1 is 1.17 bits per heavy atom. The van der Waals surface area contributed by atoms with Gasteiger partial charge in [0.1, 0.15) is 6.04 Å². The molecule has 0 bridgehead atoms. The predicted molar refractivity (Wildman–Crippen MR) is 90.8 cm³/mol. The summed E-state index contributed by atoms with van der Waals surface area (Å²) in [6, 6.07) is 6.46. The molecule has 0 amide bonds. The van der Waals surface area contributed by atoms with Crippen molar-refractivity contribution in [3.63, 3.8) is 0 Å². The minimum absolute atomic E-state index is 0.338. The molecule has 7 heteroatoms. The maximum Gasteiger partial charge on any atom is 0.330 e. The second-order valence-corrected chi connectivity index (χ2v) is 5.70. The molecule has 2 aromatic rings. The lowest BCUT2D eigenvalue weighted by Crippen LogP contribution is -2.39. The molecule has 0 saturated carbocycles. The fraction of sp³-hybridized carbons (Fsp3) is 0.353. The van der Waals surface area contributed by atoms with E-state index in [1.54, 1.807) is 26.1 Å². The van der Waals surface area contributed by atoms with E-state index < -0.39 is 12.0 Å². The average Bonchev–Trinajstić information content (AvgIpc) is 2.59. The molecule has 0 radical (unpaired) electrons. The smallest absolute Gasteiger partial charge is 0.330 e. The summed E-state index contributed by atoms with van der Waals surface area (Å²) in [5, 5.41) is 0. The number of ether oxygens (including phenoxy) is 1. The first-order chi connectivity index (χ1) is 11.3. The third-order valence-electron chi connectivity index (χ3n) is 4.16. The largest absolute Gasteiger partial charge is 0.468 e. The molecule has 0 unspecified atom stereocenters. The predicted octanol–water partition coefficient (Wildman–Crippen LogP) is 0.102. The second-order valence-electron chi connectivity index (χ2n) is 5.70. The Kier molecular flexibility index (Phi) is 5.04. The highest BCUT2D eigenvalue weighted by atomic mass is 16.5. The van der Waals surface area contributed by atoms with Gasteiger partial charge < -0.3 is 15.0 Å². The Balaban J connectivity index is 2.41. The Morgan fingerprint density at radius 2 is 1.75 bits per heavy atom. The summed E-state index contributed by atoms with van der Waals surface area (Å²) < 4.78 is 7.13. The number of nitrogens with two attached hydrogens (primary N) is 1. The molecule has 1 aromatic carbocycles. The van der Waals surface area contributed by atoms with Crippen LogP contribution < -0.4 is 17.0 Å². The average molecular weight is 331 g/mol. The zero-order chi connectivity index (χ0) is 18.0. The first-order valence-corrected chi connectivity index (χ1v) is 7.47. The van der Waals surface area contributed by atoms with E-state index in [0.29, 0.717) is 23.2 Å². The van der Waals surface area contributed by atoms with Gasteiger partial charge >= 0.3 is 11.7 Å². The van der Waals surface area contributed by atoms with E-state index in [9.17, 15) is 14.4 Å². The molecule has 0 aliphatic heterocycles. The SMILES string of the molecule is COC(=O)[C@@H](N)Cc1ccc(-c2c(C)n(C)c(=O)n(C)c2=O)cc1. The highest BCUT2D eigenvalue weighted by Gasteiger charge is 2.16. The summed E-state index contributed by atoms with van der Waals surface area (Å²) in [4.78, 5) is 35.7. The molecule has 128 valence electrons. The van der Waals surface area contributed by atoms with Crippen LogP contribution in [0.15, 0.2) is 33.9 Å². The van der Waals surface area contributed by atoms with Crippen LogP contribution in [0.3, 0.4) is 0 Å². The van der Waals surface area contributed by atoms with Crippen molar-refractivity contribution in [1.82, 2.24) is 9.13 Å². The third kappa shape index (κ3) is 3.16. The number of rotatable bonds is 4. The van der Waals surface area contributed by atoms with Gasteiger partial charge in [-0.1, -0.05) is 24.3 Å². The van der Waals surface area contributed by atoms with Crippen molar-refractivity contribution in [1.29, 1.82) is 0 Å². The van der Waals surface area contributed by atoms with E-state index in [4.69, 9.17) is 5.73 Å². The number of nitrogens with zero attached hydrogens (tertiary/aromatic N) is 2. The van der Waals surface area contributed by atoms with E-state index in [0.717, 1.165) is 10.1 Å². The van der Waals surface area contributed by atoms with E-state index in [-0.39, 0.29) is 11.2 Å². The van der Waals surface area contributed by atoms with Gasteiger partial charge in [-0.2, -0.15) is 0 Å². The lowest BCUT2D eigenvalue weighted by atomic mass is 10.0. The van der Waals surface area contributed by atoms with E-state index in [1.165, 1.54) is 18.7 Å². The van der Waals surface area contributed by atoms with Gasteiger partial charge in [0, 0.05) is 19.8 Å². The standard InChI is InChI=1S/C17H21N3O4/c1-10-14(15(21)20(3)17(23)19(10)2)12-7-5-11(6-8-12)9-13(18)16(22)24-4/h5-8,13H,9,18H2,1-4H3/t13-/m0/s1. The summed E-state index contributed by atoms with van der Waals surface area (Å²) in [6.07, 6.45) is 0.344. The Hall–Kier alpha value is -2.67. The van der Waals surface area contributed by atoms with Gasteiger partial charge in [0.15, 0.2) is 0 Å². The summed E-state index contributed by atoms with van der Waals surface area (Å²) in [5.74, 6) is -0.471. The second kappa shape index (κ2) is 6.84.